The first-order valence-electron chi connectivity index (χ1n) is 6.10. The van der Waals surface area contributed by atoms with Crippen molar-refractivity contribution in [3.8, 4) is 0 Å². The second-order valence-electron chi connectivity index (χ2n) is 4.60. The predicted molar refractivity (Wildman–Crippen MR) is 71.2 cm³/mol. The Morgan fingerprint density at radius 1 is 1.60 bits per heavy atom. The average Bonchev–Trinajstić information content (AvgIpc) is 3.04. The highest BCUT2D eigenvalue weighted by Crippen LogP contribution is 2.20. The first-order valence-corrected chi connectivity index (χ1v) is 6.10. The predicted octanol–water partition coefficient (Wildman–Crippen LogP) is 1.63. The average molecular weight is 277 g/mol. The fraction of sp³-hybridized carbons (Fsp3) is 0.333. The Hall–Kier alpha value is -2.64. The Balaban J connectivity index is 2.17. The Bertz CT molecular complexity index is 615. The molecular formula is C12H15N5O3. The van der Waals surface area contributed by atoms with Crippen LogP contribution >= 0.6 is 0 Å². The van der Waals surface area contributed by atoms with Crippen LogP contribution in [0.3, 0.4) is 0 Å². The van der Waals surface area contributed by atoms with E-state index in [0.717, 1.165) is 5.69 Å². The van der Waals surface area contributed by atoms with Crippen LogP contribution in [-0.4, -0.2) is 25.4 Å². The molecule has 8 heteroatoms. The van der Waals surface area contributed by atoms with Gasteiger partial charge in [-0.1, -0.05) is 0 Å². The molecule has 1 amide bonds. The Kier molecular flexibility index (Phi) is 3.83. The van der Waals surface area contributed by atoms with Gasteiger partial charge in [0.25, 0.3) is 11.6 Å². The van der Waals surface area contributed by atoms with Crippen LogP contribution in [-0.2, 0) is 6.54 Å². The van der Waals surface area contributed by atoms with E-state index in [1.165, 1.54) is 18.6 Å². The summed E-state index contributed by atoms with van der Waals surface area (Å²) in [6, 6.07) is 1.24. The maximum absolute atomic E-state index is 12.1. The minimum Gasteiger partial charge on any atom is -0.347 e. The van der Waals surface area contributed by atoms with Gasteiger partial charge in [0.2, 0.25) is 0 Å². The highest BCUT2D eigenvalue weighted by atomic mass is 16.6. The summed E-state index contributed by atoms with van der Waals surface area (Å²) in [6.07, 6.45) is 4.49. The van der Waals surface area contributed by atoms with E-state index in [4.69, 9.17) is 0 Å². The molecule has 0 aromatic carbocycles. The molecule has 0 unspecified atom stereocenters. The molecule has 2 rings (SSSR count). The minimum atomic E-state index is -0.509. The van der Waals surface area contributed by atoms with Crippen molar-refractivity contribution < 1.29 is 9.72 Å². The van der Waals surface area contributed by atoms with E-state index >= 15 is 0 Å². The third-order valence-electron chi connectivity index (χ3n) is 2.83. The molecular weight excluding hydrogens is 262 g/mol. The number of nitrogens with zero attached hydrogens (tertiary/aromatic N) is 3. The van der Waals surface area contributed by atoms with Crippen molar-refractivity contribution in [1.82, 2.24) is 19.9 Å². The lowest BCUT2D eigenvalue weighted by Gasteiger charge is -2.11. The molecule has 0 saturated heterocycles. The Morgan fingerprint density at radius 3 is 2.90 bits per heavy atom. The number of aromatic nitrogens is 3. The number of aromatic amines is 1. The summed E-state index contributed by atoms with van der Waals surface area (Å²) in [5.41, 5.74) is 0.937. The van der Waals surface area contributed by atoms with Crippen molar-refractivity contribution in [3.05, 3.63) is 46.3 Å². The van der Waals surface area contributed by atoms with Gasteiger partial charge in [-0.05, 0) is 13.8 Å². The lowest BCUT2D eigenvalue weighted by atomic mass is 10.3. The molecule has 2 N–H and O–H groups in total. The van der Waals surface area contributed by atoms with Crippen LogP contribution in [0.5, 0.6) is 0 Å². The van der Waals surface area contributed by atoms with Gasteiger partial charge in [-0.2, -0.15) is 0 Å². The maximum Gasteiger partial charge on any atom is 0.287 e. The van der Waals surface area contributed by atoms with Crippen molar-refractivity contribution in [2.45, 2.75) is 26.4 Å². The van der Waals surface area contributed by atoms with Gasteiger partial charge in [-0.25, -0.2) is 4.98 Å². The fourth-order valence-electron chi connectivity index (χ4n) is 1.82. The molecule has 2 aromatic rings. The normalized spacial score (nSPS) is 10.8. The second kappa shape index (κ2) is 5.55. The first kappa shape index (κ1) is 13.8. The molecule has 0 aliphatic carbocycles. The molecule has 0 aliphatic rings. The molecule has 2 aromatic heterocycles. The third-order valence-corrected chi connectivity index (χ3v) is 2.83. The van der Waals surface area contributed by atoms with Crippen molar-refractivity contribution in [2.24, 2.45) is 0 Å². The van der Waals surface area contributed by atoms with Crippen molar-refractivity contribution in [2.75, 3.05) is 0 Å². The van der Waals surface area contributed by atoms with Gasteiger partial charge in [0.05, 0.1) is 29.7 Å². The number of nitrogens with one attached hydrogen (secondary N) is 2. The number of imidazole rings is 1. The molecule has 0 spiro atoms. The summed E-state index contributed by atoms with van der Waals surface area (Å²) in [6.45, 7) is 4.00. The van der Waals surface area contributed by atoms with Crippen LogP contribution in [0.15, 0.2) is 24.8 Å². The van der Waals surface area contributed by atoms with Crippen molar-refractivity contribution >= 4 is 11.6 Å². The van der Waals surface area contributed by atoms with E-state index in [1.54, 1.807) is 10.8 Å². The van der Waals surface area contributed by atoms with E-state index in [0.29, 0.717) is 0 Å². The van der Waals surface area contributed by atoms with Crippen LogP contribution in [0.25, 0.3) is 0 Å². The van der Waals surface area contributed by atoms with Crippen LogP contribution in [0.1, 0.15) is 36.1 Å². The van der Waals surface area contributed by atoms with Gasteiger partial charge >= 0.3 is 0 Å². The van der Waals surface area contributed by atoms with E-state index < -0.39 is 4.92 Å². The zero-order valence-corrected chi connectivity index (χ0v) is 11.2. The summed E-state index contributed by atoms with van der Waals surface area (Å²) in [5.74, 6) is -0.360. The highest BCUT2D eigenvalue weighted by molar-refractivity contribution is 5.93. The molecule has 0 fully saturated rings. The molecule has 0 bridgehead atoms. The first-order chi connectivity index (χ1) is 9.49. The lowest BCUT2D eigenvalue weighted by Crippen LogP contribution is -2.25. The number of hydrogen-bond donors (Lipinski definition) is 2. The molecule has 106 valence electrons. The van der Waals surface area contributed by atoms with Crippen LogP contribution in [0, 0.1) is 10.1 Å². The van der Waals surface area contributed by atoms with Gasteiger partial charge in [0.15, 0.2) is 0 Å². The zero-order valence-electron chi connectivity index (χ0n) is 11.2. The molecule has 20 heavy (non-hydrogen) atoms. The summed E-state index contributed by atoms with van der Waals surface area (Å²) in [7, 11) is 0. The Labute approximate surface area is 115 Å². The summed E-state index contributed by atoms with van der Waals surface area (Å²) >= 11 is 0. The number of carbonyl (C=O) groups excluding carboxylic acids is 1. The van der Waals surface area contributed by atoms with Crippen LogP contribution in [0.2, 0.25) is 0 Å². The fourth-order valence-corrected chi connectivity index (χ4v) is 1.82. The van der Waals surface area contributed by atoms with Crippen molar-refractivity contribution in [3.63, 3.8) is 0 Å². The van der Waals surface area contributed by atoms with Crippen LogP contribution in [0.4, 0.5) is 5.69 Å². The smallest absolute Gasteiger partial charge is 0.287 e. The van der Waals surface area contributed by atoms with Gasteiger partial charge in [-0.3, -0.25) is 14.9 Å². The van der Waals surface area contributed by atoms with E-state index in [2.05, 4.69) is 15.3 Å². The van der Waals surface area contributed by atoms with Gasteiger partial charge < -0.3 is 14.9 Å². The number of carbonyl (C=O) groups is 1. The topological polar surface area (TPSA) is 106 Å². The van der Waals surface area contributed by atoms with E-state index in [1.807, 2.05) is 13.8 Å². The van der Waals surface area contributed by atoms with E-state index in [-0.39, 0.29) is 29.9 Å². The Morgan fingerprint density at radius 2 is 2.35 bits per heavy atom. The number of amides is 1. The molecule has 0 atom stereocenters. The molecule has 0 saturated carbocycles. The van der Waals surface area contributed by atoms with Gasteiger partial charge in [0.1, 0.15) is 5.69 Å². The largest absolute Gasteiger partial charge is 0.347 e. The molecule has 2 heterocycles. The monoisotopic (exact) mass is 277 g/mol. The summed E-state index contributed by atoms with van der Waals surface area (Å²) in [4.78, 5) is 29.1. The summed E-state index contributed by atoms with van der Waals surface area (Å²) in [5, 5.41) is 13.5. The molecule has 0 radical (unpaired) electrons. The lowest BCUT2D eigenvalue weighted by molar-refractivity contribution is -0.384. The molecule has 0 aliphatic heterocycles. The zero-order chi connectivity index (χ0) is 14.7. The number of H-pyrrole nitrogens is 1. The van der Waals surface area contributed by atoms with Gasteiger partial charge in [-0.15, -0.1) is 0 Å². The highest BCUT2D eigenvalue weighted by Gasteiger charge is 2.20. The van der Waals surface area contributed by atoms with Crippen molar-refractivity contribution in [1.29, 1.82) is 0 Å². The van der Waals surface area contributed by atoms with Crippen LogP contribution < -0.4 is 5.32 Å². The SMILES string of the molecule is CC(C)n1cc([N+](=O)[O-])cc1C(=O)NCc1cnc[nH]1. The second-order valence-corrected chi connectivity index (χ2v) is 4.60. The number of nitro groups is 1. The molecule has 8 nitrogen and oxygen atoms in total. The van der Waals surface area contributed by atoms with E-state index in [9.17, 15) is 14.9 Å². The quantitative estimate of drug-likeness (QED) is 0.639. The standard InChI is InChI=1S/C12H15N5O3/c1-8(2)16-6-10(17(19)20)3-11(16)12(18)14-5-9-4-13-7-15-9/h3-4,6-8H,5H2,1-2H3,(H,13,15)(H,14,18). The number of rotatable bonds is 5. The van der Waals surface area contributed by atoms with Gasteiger partial charge in [0, 0.05) is 18.3 Å². The third kappa shape index (κ3) is 2.85. The summed E-state index contributed by atoms with van der Waals surface area (Å²) < 4.78 is 1.58. The maximum atomic E-state index is 12.1. The minimum absolute atomic E-state index is 0.0448. The number of hydrogen-bond acceptors (Lipinski definition) is 4.